The van der Waals surface area contributed by atoms with Crippen LogP contribution < -0.4 is 10.6 Å². The number of nitrogens with zero attached hydrogens (tertiary/aromatic N) is 1. The van der Waals surface area contributed by atoms with Crippen LogP contribution in [0.5, 0.6) is 0 Å². The van der Waals surface area contributed by atoms with Gasteiger partial charge in [-0.15, -0.1) is 11.3 Å². The van der Waals surface area contributed by atoms with Crippen molar-refractivity contribution in [2.75, 3.05) is 6.54 Å². The van der Waals surface area contributed by atoms with E-state index in [4.69, 9.17) is 5.11 Å². The first-order valence-corrected chi connectivity index (χ1v) is 7.60. The summed E-state index contributed by atoms with van der Waals surface area (Å²) in [5.74, 6) is -0.883. The maximum Gasteiger partial charge on any atom is 0.315 e. The van der Waals surface area contributed by atoms with Crippen LogP contribution in [-0.2, 0) is 4.79 Å². The number of rotatable bonds is 8. The van der Waals surface area contributed by atoms with Gasteiger partial charge in [-0.05, 0) is 12.3 Å². The Hall–Kier alpha value is -1.63. The minimum absolute atomic E-state index is 0.0433. The summed E-state index contributed by atoms with van der Waals surface area (Å²) >= 11 is 1.50. The molecular weight excluding hydrogens is 278 g/mol. The Labute approximate surface area is 122 Å². The lowest BCUT2D eigenvalue weighted by Crippen LogP contribution is -2.40. The standard InChI is InChI=1S/C13H21N3O3S/c1-3-9(7-11(17)18)8-15-13(19)16-10(4-2)12-14-5-6-20-12/h5-6,9-10H,3-4,7-8H2,1-2H3,(H,17,18)(H2,15,16,19). The summed E-state index contributed by atoms with van der Waals surface area (Å²) in [5.41, 5.74) is 0. The molecule has 0 saturated carbocycles. The molecule has 112 valence electrons. The van der Waals surface area contributed by atoms with Gasteiger partial charge in [-0.25, -0.2) is 9.78 Å². The first-order chi connectivity index (χ1) is 9.56. The second-order valence-corrected chi connectivity index (χ2v) is 5.48. The molecule has 0 aromatic carbocycles. The lowest BCUT2D eigenvalue weighted by molar-refractivity contribution is -0.138. The third kappa shape index (κ3) is 5.56. The van der Waals surface area contributed by atoms with Gasteiger partial charge in [-0.1, -0.05) is 20.3 Å². The average molecular weight is 299 g/mol. The number of thiazole rings is 1. The maximum absolute atomic E-state index is 11.8. The number of nitrogens with one attached hydrogen (secondary N) is 2. The molecule has 3 N–H and O–H groups in total. The number of urea groups is 1. The monoisotopic (exact) mass is 299 g/mol. The second kappa shape index (κ2) is 8.52. The van der Waals surface area contributed by atoms with Crippen molar-refractivity contribution in [3.8, 4) is 0 Å². The van der Waals surface area contributed by atoms with Crippen LogP contribution in [0.3, 0.4) is 0 Å². The molecule has 1 heterocycles. The second-order valence-electron chi connectivity index (χ2n) is 4.56. The SMILES string of the molecule is CCC(CNC(=O)NC(CC)c1nccs1)CC(=O)O. The zero-order valence-electron chi connectivity index (χ0n) is 11.8. The van der Waals surface area contributed by atoms with Crippen molar-refractivity contribution in [2.24, 2.45) is 5.92 Å². The molecule has 1 rings (SSSR count). The number of amides is 2. The van der Waals surface area contributed by atoms with Crippen molar-refractivity contribution in [2.45, 2.75) is 39.2 Å². The van der Waals surface area contributed by atoms with E-state index in [1.54, 1.807) is 6.20 Å². The molecule has 0 fully saturated rings. The molecule has 1 aromatic heterocycles. The van der Waals surface area contributed by atoms with Crippen LogP contribution in [0.2, 0.25) is 0 Å². The zero-order valence-corrected chi connectivity index (χ0v) is 12.6. The van der Waals surface area contributed by atoms with Gasteiger partial charge in [0.1, 0.15) is 5.01 Å². The molecule has 0 aliphatic heterocycles. The molecular formula is C13H21N3O3S. The highest BCUT2D eigenvalue weighted by molar-refractivity contribution is 7.09. The van der Waals surface area contributed by atoms with Crippen LogP contribution in [-0.4, -0.2) is 28.6 Å². The molecule has 2 atom stereocenters. The number of carbonyl (C=O) groups excluding carboxylic acids is 1. The number of carboxylic acid groups (broad SMARTS) is 1. The average Bonchev–Trinajstić information content (AvgIpc) is 2.94. The van der Waals surface area contributed by atoms with E-state index in [0.29, 0.717) is 6.54 Å². The lowest BCUT2D eigenvalue weighted by Gasteiger charge is -2.17. The van der Waals surface area contributed by atoms with Gasteiger partial charge in [-0.3, -0.25) is 4.79 Å². The van der Waals surface area contributed by atoms with E-state index in [1.165, 1.54) is 11.3 Å². The topological polar surface area (TPSA) is 91.3 Å². The smallest absolute Gasteiger partial charge is 0.315 e. The van der Waals surface area contributed by atoms with Gasteiger partial charge in [0.15, 0.2) is 0 Å². The highest BCUT2D eigenvalue weighted by Gasteiger charge is 2.16. The third-order valence-corrected chi connectivity index (χ3v) is 3.94. The van der Waals surface area contributed by atoms with Gasteiger partial charge >= 0.3 is 12.0 Å². The van der Waals surface area contributed by atoms with E-state index in [9.17, 15) is 9.59 Å². The van der Waals surface area contributed by atoms with Gasteiger partial charge in [-0.2, -0.15) is 0 Å². The number of carbonyl (C=O) groups is 2. The van der Waals surface area contributed by atoms with Gasteiger partial charge in [0.05, 0.1) is 6.04 Å². The summed E-state index contributed by atoms with van der Waals surface area (Å²) in [7, 11) is 0. The molecule has 0 aliphatic rings. The summed E-state index contributed by atoms with van der Waals surface area (Å²) in [6, 6.07) is -0.384. The van der Waals surface area contributed by atoms with Crippen molar-refractivity contribution in [1.82, 2.24) is 15.6 Å². The molecule has 20 heavy (non-hydrogen) atoms. The number of hydrogen-bond acceptors (Lipinski definition) is 4. The highest BCUT2D eigenvalue weighted by Crippen LogP contribution is 2.18. The fraction of sp³-hybridized carbons (Fsp3) is 0.615. The predicted octanol–water partition coefficient (Wildman–Crippen LogP) is 2.39. The Kier molecular flexibility index (Phi) is 7.00. The van der Waals surface area contributed by atoms with Crippen LogP contribution in [0, 0.1) is 5.92 Å². The normalized spacial score (nSPS) is 13.5. The Morgan fingerprint density at radius 3 is 2.65 bits per heavy atom. The maximum atomic E-state index is 11.8. The zero-order chi connectivity index (χ0) is 15.0. The van der Waals surface area contributed by atoms with Crippen molar-refractivity contribution < 1.29 is 14.7 Å². The van der Waals surface area contributed by atoms with Crippen molar-refractivity contribution in [1.29, 1.82) is 0 Å². The molecule has 0 spiro atoms. The van der Waals surface area contributed by atoms with E-state index in [2.05, 4.69) is 15.6 Å². The van der Waals surface area contributed by atoms with Crippen LogP contribution in [0.4, 0.5) is 4.79 Å². The molecule has 0 aliphatic carbocycles. The highest BCUT2D eigenvalue weighted by atomic mass is 32.1. The number of carboxylic acids is 1. The van der Waals surface area contributed by atoms with Crippen molar-refractivity contribution >= 4 is 23.3 Å². The number of hydrogen-bond donors (Lipinski definition) is 3. The van der Waals surface area contributed by atoms with Crippen LogP contribution in [0.15, 0.2) is 11.6 Å². The van der Waals surface area contributed by atoms with E-state index in [1.807, 2.05) is 19.2 Å². The molecule has 0 saturated heterocycles. The first-order valence-electron chi connectivity index (χ1n) is 6.72. The Balaban J connectivity index is 2.40. The number of aromatic nitrogens is 1. The molecule has 6 nitrogen and oxygen atoms in total. The van der Waals surface area contributed by atoms with Gasteiger partial charge in [0.25, 0.3) is 0 Å². The Bertz CT molecular complexity index is 423. The Morgan fingerprint density at radius 2 is 2.15 bits per heavy atom. The van der Waals surface area contributed by atoms with Crippen LogP contribution in [0.1, 0.15) is 44.2 Å². The summed E-state index contributed by atoms with van der Waals surface area (Å²) in [6.45, 7) is 4.26. The minimum atomic E-state index is -0.840. The van der Waals surface area contributed by atoms with E-state index in [-0.39, 0.29) is 24.4 Å². The van der Waals surface area contributed by atoms with Crippen molar-refractivity contribution in [3.63, 3.8) is 0 Å². The van der Waals surface area contributed by atoms with Crippen LogP contribution in [0.25, 0.3) is 0 Å². The summed E-state index contributed by atoms with van der Waals surface area (Å²) in [6.07, 6.45) is 3.26. The number of aliphatic carboxylic acids is 1. The van der Waals surface area contributed by atoms with Gasteiger partial charge < -0.3 is 15.7 Å². The summed E-state index contributed by atoms with van der Waals surface area (Å²) in [5, 5.41) is 17.1. The van der Waals surface area contributed by atoms with Crippen LogP contribution >= 0.6 is 11.3 Å². The lowest BCUT2D eigenvalue weighted by atomic mass is 10.0. The van der Waals surface area contributed by atoms with Gasteiger partial charge in [0.2, 0.25) is 0 Å². The van der Waals surface area contributed by atoms with E-state index < -0.39 is 5.97 Å². The summed E-state index contributed by atoms with van der Waals surface area (Å²) < 4.78 is 0. The fourth-order valence-electron chi connectivity index (χ4n) is 1.80. The third-order valence-electron chi connectivity index (χ3n) is 3.06. The van der Waals surface area contributed by atoms with E-state index >= 15 is 0 Å². The van der Waals surface area contributed by atoms with Crippen molar-refractivity contribution in [3.05, 3.63) is 16.6 Å². The van der Waals surface area contributed by atoms with Gasteiger partial charge in [0, 0.05) is 24.5 Å². The molecule has 1 aromatic rings. The Morgan fingerprint density at radius 1 is 1.40 bits per heavy atom. The molecule has 7 heteroatoms. The largest absolute Gasteiger partial charge is 0.481 e. The minimum Gasteiger partial charge on any atom is -0.481 e. The fourth-order valence-corrected chi connectivity index (χ4v) is 2.57. The predicted molar refractivity (Wildman–Crippen MR) is 77.7 cm³/mol. The van der Waals surface area contributed by atoms with E-state index in [0.717, 1.165) is 17.8 Å². The molecule has 2 amide bonds. The molecule has 2 unspecified atom stereocenters. The first kappa shape index (κ1) is 16.4. The quantitative estimate of drug-likeness (QED) is 0.687. The molecule has 0 bridgehead atoms. The molecule has 0 radical (unpaired) electrons. The summed E-state index contributed by atoms with van der Waals surface area (Å²) in [4.78, 5) is 26.7.